The number of esters is 1. The highest BCUT2D eigenvalue weighted by atomic mass is 35.5. The van der Waals surface area contributed by atoms with Crippen LogP contribution in [0.3, 0.4) is 0 Å². The maximum atomic E-state index is 12.6. The van der Waals surface area contributed by atoms with E-state index in [0.717, 1.165) is 5.56 Å². The van der Waals surface area contributed by atoms with Crippen LogP contribution in [0.25, 0.3) is 11.4 Å². The molecule has 7 nitrogen and oxygen atoms in total. The Hall–Kier alpha value is -2.81. The van der Waals surface area contributed by atoms with Gasteiger partial charge < -0.3 is 10.1 Å². The van der Waals surface area contributed by atoms with Gasteiger partial charge >= 0.3 is 5.97 Å². The fourth-order valence-electron chi connectivity index (χ4n) is 2.85. The number of rotatable bonds is 9. The van der Waals surface area contributed by atoms with Gasteiger partial charge in [-0.1, -0.05) is 41.0 Å². The lowest BCUT2D eigenvalue weighted by molar-refractivity contribution is -0.113. The Morgan fingerprint density at radius 1 is 1.18 bits per heavy atom. The van der Waals surface area contributed by atoms with Crippen molar-refractivity contribution in [1.82, 2.24) is 14.8 Å². The maximum absolute atomic E-state index is 12.6. The van der Waals surface area contributed by atoms with Crippen molar-refractivity contribution in [3.8, 4) is 11.4 Å². The predicted molar refractivity (Wildman–Crippen MR) is 132 cm³/mol. The number of amides is 1. The van der Waals surface area contributed by atoms with E-state index in [-0.39, 0.29) is 17.8 Å². The highest BCUT2D eigenvalue weighted by Gasteiger charge is 2.17. The topological polar surface area (TPSA) is 86.1 Å². The molecule has 1 amide bonds. The van der Waals surface area contributed by atoms with E-state index in [1.54, 1.807) is 44.2 Å². The van der Waals surface area contributed by atoms with Crippen LogP contribution in [0.1, 0.15) is 24.2 Å². The molecule has 0 aliphatic rings. The van der Waals surface area contributed by atoms with Gasteiger partial charge in [0.2, 0.25) is 5.91 Å². The van der Waals surface area contributed by atoms with Crippen molar-refractivity contribution in [2.45, 2.75) is 31.7 Å². The second kappa shape index (κ2) is 11.4. The molecule has 33 heavy (non-hydrogen) atoms. The van der Waals surface area contributed by atoms with Gasteiger partial charge in [-0.05, 0) is 56.3 Å². The van der Waals surface area contributed by atoms with E-state index >= 15 is 0 Å². The monoisotopic (exact) mass is 504 g/mol. The number of carbonyl (C=O) groups excluding carboxylic acids is 2. The minimum atomic E-state index is -0.487. The minimum absolute atomic E-state index is 0.0624. The van der Waals surface area contributed by atoms with Crippen molar-refractivity contribution < 1.29 is 14.3 Å². The van der Waals surface area contributed by atoms with Crippen LogP contribution in [0.15, 0.2) is 60.3 Å². The van der Waals surface area contributed by atoms with Crippen molar-refractivity contribution in [2.24, 2.45) is 0 Å². The van der Waals surface area contributed by atoms with Gasteiger partial charge in [0.1, 0.15) is 0 Å². The van der Waals surface area contributed by atoms with Crippen LogP contribution in [-0.2, 0) is 16.1 Å². The summed E-state index contributed by atoms with van der Waals surface area (Å²) in [6.07, 6.45) is 1.47. The number of anilines is 1. The first kappa shape index (κ1) is 24.8. The second-order valence-electron chi connectivity index (χ2n) is 7.20. The molecule has 0 saturated carbocycles. The van der Waals surface area contributed by atoms with Gasteiger partial charge in [-0.2, -0.15) is 0 Å². The zero-order chi connectivity index (χ0) is 24.0. The third kappa shape index (κ3) is 6.60. The average molecular weight is 505 g/mol. The molecule has 0 spiro atoms. The van der Waals surface area contributed by atoms with Crippen molar-refractivity contribution >= 4 is 52.5 Å². The summed E-state index contributed by atoms with van der Waals surface area (Å²) in [6, 6.07) is 11.8. The Balaban J connectivity index is 1.71. The Bertz CT molecular complexity index is 1160. The highest BCUT2D eigenvalue weighted by Crippen LogP contribution is 2.27. The van der Waals surface area contributed by atoms with Crippen LogP contribution in [0.4, 0.5) is 5.69 Å². The number of ether oxygens (including phenoxy) is 1. The molecule has 0 unspecified atom stereocenters. The van der Waals surface area contributed by atoms with E-state index < -0.39 is 5.97 Å². The summed E-state index contributed by atoms with van der Waals surface area (Å²) in [6.45, 7) is 7.78. The number of allylic oxidation sites excluding steroid dienone is 1. The summed E-state index contributed by atoms with van der Waals surface area (Å²) in [7, 11) is 0. The third-order valence-corrected chi connectivity index (χ3v) is 5.83. The van der Waals surface area contributed by atoms with Gasteiger partial charge in [0.15, 0.2) is 11.0 Å². The van der Waals surface area contributed by atoms with Crippen LogP contribution >= 0.6 is 35.0 Å². The molecule has 2 aromatic carbocycles. The van der Waals surface area contributed by atoms with Crippen molar-refractivity contribution in [2.75, 3.05) is 11.1 Å². The van der Waals surface area contributed by atoms with Crippen LogP contribution in [0, 0.1) is 0 Å². The van der Waals surface area contributed by atoms with E-state index in [1.165, 1.54) is 17.8 Å². The predicted octanol–water partition coefficient (Wildman–Crippen LogP) is 5.73. The first-order valence-corrected chi connectivity index (χ1v) is 11.8. The lowest BCUT2D eigenvalue weighted by Crippen LogP contribution is -2.16. The van der Waals surface area contributed by atoms with Gasteiger partial charge in [-0.3, -0.25) is 9.36 Å². The second-order valence-corrected chi connectivity index (χ2v) is 8.98. The van der Waals surface area contributed by atoms with Gasteiger partial charge in [-0.15, -0.1) is 16.8 Å². The molecule has 1 aromatic heterocycles. The van der Waals surface area contributed by atoms with Gasteiger partial charge in [0.25, 0.3) is 0 Å². The number of benzene rings is 2. The Morgan fingerprint density at radius 3 is 2.58 bits per heavy atom. The lowest BCUT2D eigenvalue weighted by atomic mass is 10.2. The van der Waals surface area contributed by atoms with E-state index in [9.17, 15) is 9.59 Å². The summed E-state index contributed by atoms with van der Waals surface area (Å²) >= 11 is 13.4. The first-order valence-electron chi connectivity index (χ1n) is 10.0. The fourth-order valence-corrected chi connectivity index (χ4v) is 3.89. The van der Waals surface area contributed by atoms with E-state index in [0.29, 0.717) is 38.8 Å². The molecular formula is C23H22Cl2N4O3S. The summed E-state index contributed by atoms with van der Waals surface area (Å²) in [5.74, 6) is -0.0856. The molecule has 0 aliphatic heterocycles. The summed E-state index contributed by atoms with van der Waals surface area (Å²) in [5, 5.41) is 12.7. The Labute approximate surface area is 206 Å². The number of carbonyl (C=O) groups is 2. The van der Waals surface area contributed by atoms with Gasteiger partial charge in [-0.25, -0.2) is 4.79 Å². The molecule has 0 radical (unpaired) electrons. The highest BCUT2D eigenvalue weighted by molar-refractivity contribution is 7.99. The molecule has 0 atom stereocenters. The van der Waals surface area contributed by atoms with Gasteiger partial charge in [0.05, 0.1) is 28.1 Å². The SMILES string of the molecule is C=CCn1c(SCC(=O)Nc2cc(C(=O)OC(C)C)ccc2Cl)nnc1-c1ccc(Cl)cc1. The summed E-state index contributed by atoms with van der Waals surface area (Å²) in [4.78, 5) is 24.7. The molecule has 1 N–H and O–H groups in total. The van der Waals surface area contributed by atoms with E-state index in [1.807, 2.05) is 16.7 Å². The van der Waals surface area contributed by atoms with E-state index in [4.69, 9.17) is 27.9 Å². The molecule has 3 rings (SSSR count). The van der Waals surface area contributed by atoms with Crippen LogP contribution in [-0.4, -0.2) is 38.5 Å². The van der Waals surface area contributed by atoms with Crippen molar-refractivity contribution in [1.29, 1.82) is 0 Å². The van der Waals surface area contributed by atoms with Crippen LogP contribution in [0.5, 0.6) is 0 Å². The third-order valence-electron chi connectivity index (χ3n) is 4.28. The molecule has 0 aliphatic carbocycles. The fraction of sp³-hybridized carbons (Fsp3) is 0.217. The molecule has 0 saturated heterocycles. The number of aromatic nitrogens is 3. The number of thioether (sulfide) groups is 1. The smallest absolute Gasteiger partial charge is 0.338 e. The molecule has 0 fully saturated rings. The number of halogens is 2. The molecule has 0 bridgehead atoms. The van der Waals surface area contributed by atoms with Crippen molar-refractivity contribution in [3.05, 3.63) is 70.7 Å². The zero-order valence-electron chi connectivity index (χ0n) is 18.0. The molecule has 1 heterocycles. The number of hydrogen-bond acceptors (Lipinski definition) is 6. The zero-order valence-corrected chi connectivity index (χ0v) is 20.4. The quantitative estimate of drug-likeness (QED) is 0.227. The first-order chi connectivity index (χ1) is 15.8. The molecule has 3 aromatic rings. The minimum Gasteiger partial charge on any atom is -0.459 e. The average Bonchev–Trinajstić information content (AvgIpc) is 3.16. The summed E-state index contributed by atoms with van der Waals surface area (Å²) in [5.41, 5.74) is 1.48. The standard InChI is InChI=1S/C23H22Cl2N4O3S/c1-4-11-29-21(15-5-8-17(24)9-6-15)27-28-23(29)33-13-20(30)26-19-12-16(7-10-18(19)25)22(31)32-14(2)3/h4-10,12,14H,1,11,13H2,2-3H3,(H,26,30). The Morgan fingerprint density at radius 2 is 1.91 bits per heavy atom. The van der Waals surface area contributed by atoms with Crippen molar-refractivity contribution in [3.63, 3.8) is 0 Å². The largest absolute Gasteiger partial charge is 0.459 e. The van der Waals surface area contributed by atoms with Gasteiger partial charge in [0, 0.05) is 17.1 Å². The molecule has 10 heteroatoms. The Kier molecular flexibility index (Phi) is 8.55. The molecular weight excluding hydrogens is 483 g/mol. The maximum Gasteiger partial charge on any atom is 0.338 e. The number of nitrogens with one attached hydrogen (secondary N) is 1. The van der Waals surface area contributed by atoms with E-state index in [2.05, 4.69) is 22.1 Å². The number of hydrogen-bond donors (Lipinski definition) is 1. The summed E-state index contributed by atoms with van der Waals surface area (Å²) < 4.78 is 7.06. The van der Waals surface area contributed by atoms with Crippen LogP contribution < -0.4 is 5.32 Å². The normalized spacial score (nSPS) is 10.8. The lowest BCUT2D eigenvalue weighted by Gasteiger charge is -2.11. The van der Waals surface area contributed by atoms with Crippen LogP contribution in [0.2, 0.25) is 10.0 Å². The number of nitrogens with zero attached hydrogens (tertiary/aromatic N) is 3. The molecule has 172 valence electrons.